The Hall–Kier alpha value is -1.53. The summed E-state index contributed by atoms with van der Waals surface area (Å²) < 4.78 is 10.0. The van der Waals surface area contributed by atoms with Crippen molar-refractivity contribution in [1.29, 1.82) is 0 Å². The second-order valence-electron chi connectivity index (χ2n) is 6.81. The number of esters is 2. The van der Waals surface area contributed by atoms with Crippen molar-refractivity contribution >= 4 is 65.8 Å². The first-order valence-corrected chi connectivity index (χ1v) is 13.8. The van der Waals surface area contributed by atoms with Crippen LogP contribution < -0.4 is 0 Å². The van der Waals surface area contributed by atoms with Crippen LogP contribution in [0.5, 0.6) is 0 Å². The van der Waals surface area contributed by atoms with E-state index < -0.39 is 8.07 Å². The first-order valence-electron chi connectivity index (χ1n) is 8.43. The molecule has 0 fully saturated rings. The number of carbonyl (C=O) groups excluding carboxylic acids is 2. The first kappa shape index (κ1) is 25.5. The zero-order valence-corrected chi connectivity index (χ0v) is 21.4. The summed E-state index contributed by atoms with van der Waals surface area (Å²) in [7, 11) is 1.25. The highest BCUT2D eigenvalue weighted by molar-refractivity contribution is 14.1. The Balaban J connectivity index is 0.000000308. The van der Waals surface area contributed by atoms with E-state index in [0.717, 1.165) is 3.57 Å². The van der Waals surface area contributed by atoms with E-state index in [-0.39, 0.29) is 11.9 Å². The molecule has 4 nitrogen and oxygen atoms in total. The van der Waals surface area contributed by atoms with Crippen LogP contribution in [0.4, 0.5) is 0 Å². The molecular formula is C21H21Cl2IO4Si. The zero-order valence-electron chi connectivity index (χ0n) is 16.7. The molecule has 0 bridgehead atoms. The molecule has 2 aromatic carbocycles. The van der Waals surface area contributed by atoms with Gasteiger partial charge in [-0.1, -0.05) is 48.8 Å². The van der Waals surface area contributed by atoms with E-state index in [1.54, 1.807) is 36.4 Å². The maximum atomic E-state index is 11.4. The predicted octanol–water partition coefficient (Wildman–Crippen LogP) is 6.09. The minimum absolute atomic E-state index is 0.343. The largest absolute Gasteiger partial charge is 0.465 e. The maximum absolute atomic E-state index is 11.4. The number of halogens is 3. The van der Waals surface area contributed by atoms with Gasteiger partial charge in [0.25, 0.3) is 0 Å². The minimum atomic E-state index is -1.45. The summed E-state index contributed by atoms with van der Waals surface area (Å²) in [5.41, 5.74) is 4.88. The van der Waals surface area contributed by atoms with Crippen molar-refractivity contribution in [2.75, 3.05) is 14.2 Å². The van der Waals surface area contributed by atoms with E-state index in [1.807, 2.05) is 0 Å². The topological polar surface area (TPSA) is 52.6 Å². The molecule has 0 radical (unpaired) electrons. The van der Waals surface area contributed by atoms with E-state index in [4.69, 9.17) is 23.2 Å². The molecule has 0 aromatic heterocycles. The molecule has 2 aromatic rings. The summed E-state index contributed by atoms with van der Waals surface area (Å²) in [6.45, 7) is 6.45. The number of rotatable bonds is 2. The van der Waals surface area contributed by atoms with Crippen molar-refractivity contribution in [3.8, 4) is 11.5 Å². The predicted molar refractivity (Wildman–Crippen MR) is 129 cm³/mol. The van der Waals surface area contributed by atoms with Gasteiger partial charge in [-0.25, -0.2) is 9.59 Å². The van der Waals surface area contributed by atoms with Crippen LogP contribution in [0.2, 0.25) is 29.7 Å². The van der Waals surface area contributed by atoms with Gasteiger partial charge in [0.1, 0.15) is 8.07 Å². The summed E-state index contributed by atoms with van der Waals surface area (Å²) >= 11 is 13.9. The average molecular weight is 563 g/mol. The second kappa shape index (κ2) is 11.6. The van der Waals surface area contributed by atoms with Crippen LogP contribution in [0, 0.1) is 15.0 Å². The van der Waals surface area contributed by atoms with Gasteiger partial charge in [0.2, 0.25) is 0 Å². The van der Waals surface area contributed by atoms with Crippen LogP contribution in [-0.4, -0.2) is 34.2 Å². The molecule has 0 aliphatic carbocycles. The quantitative estimate of drug-likeness (QED) is 0.192. The Kier molecular flexibility index (Phi) is 10.2. The van der Waals surface area contributed by atoms with Crippen LogP contribution in [-0.2, 0) is 9.47 Å². The Morgan fingerprint density at radius 3 is 1.83 bits per heavy atom. The minimum Gasteiger partial charge on any atom is -0.465 e. The molecule has 0 N–H and O–H groups in total. The van der Waals surface area contributed by atoms with Gasteiger partial charge in [0, 0.05) is 9.13 Å². The Morgan fingerprint density at radius 2 is 1.38 bits per heavy atom. The van der Waals surface area contributed by atoms with Crippen LogP contribution in [0.15, 0.2) is 36.4 Å². The third kappa shape index (κ3) is 8.79. The van der Waals surface area contributed by atoms with E-state index in [2.05, 4.69) is 63.2 Å². The van der Waals surface area contributed by atoms with E-state index in [1.165, 1.54) is 14.2 Å². The molecule has 0 aliphatic heterocycles. The summed E-state index contributed by atoms with van der Waals surface area (Å²) in [4.78, 5) is 22.4. The first-order chi connectivity index (χ1) is 13.5. The highest BCUT2D eigenvalue weighted by Gasteiger charge is 2.10. The highest BCUT2D eigenvalue weighted by atomic mass is 127. The summed E-state index contributed by atoms with van der Waals surface area (Å²) in [6.07, 6.45) is 0. The van der Waals surface area contributed by atoms with Crippen molar-refractivity contribution in [3.63, 3.8) is 0 Å². The lowest BCUT2D eigenvalue weighted by molar-refractivity contribution is 0.0592. The molecule has 0 spiro atoms. The number of hydrogen-bond acceptors (Lipinski definition) is 4. The lowest BCUT2D eigenvalue weighted by atomic mass is 10.1. The fourth-order valence-corrected chi connectivity index (χ4v) is 3.17. The molecule has 0 saturated carbocycles. The third-order valence-electron chi connectivity index (χ3n) is 3.30. The molecule has 154 valence electrons. The fourth-order valence-electron chi connectivity index (χ4n) is 1.86. The van der Waals surface area contributed by atoms with Gasteiger partial charge in [-0.2, -0.15) is 0 Å². The molecular weight excluding hydrogens is 542 g/mol. The summed E-state index contributed by atoms with van der Waals surface area (Å²) in [5, 5.41) is 1.20. The van der Waals surface area contributed by atoms with Crippen LogP contribution >= 0.6 is 45.8 Å². The van der Waals surface area contributed by atoms with Crippen LogP contribution in [0.1, 0.15) is 26.3 Å². The molecule has 0 unspecified atom stereocenters. The third-order valence-corrected chi connectivity index (χ3v) is 6.05. The van der Waals surface area contributed by atoms with Crippen molar-refractivity contribution in [2.24, 2.45) is 0 Å². The lowest BCUT2D eigenvalue weighted by Gasteiger charge is -2.05. The van der Waals surface area contributed by atoms with Crippen LogP contribution in [0.3, 0.4) is 0 Å². The second-order valence-corrected chi connectivity index (χ2v) is 13.5. The highest BCUT2D eigenvalue weighted by Crippen LogP contribution is 2.20. The van der Waals surface area contributed by atoms with Crippen molar-refractivity contribution in [2.45, 2.75) is 19.6 Å². The van der Waals surface area contributed by atoms with Gasteiger partial charge in [-0.3, -0.25) is 0 Å². The standard InChI is InChI=1S/C13H15ClO2Si.C8H6ClIO2/c1-16-13(15)11-5-6-12(14)10(9-11)7-8-17(2,3)4;1-12-8(11)5-2-3-6(9)7(10)4-5/h5-6,9H,1-4H3;2-4H,1H3. The van der Waals surface area contributed by atoms with E-state index in [9.17, 15) is 9.59 Å². The molecule has 0 amide bonds. The van der Waals surface area contributed by atoms with Crippen LogP contribution in [0.25, 0.3) is 0 Å². The van der Waals surface area contributed by atoms with Gasteiger partial charge < -0.3 is 9.47 Å². The van der Waals surface area contributed by atoms with Gasteiger partial charge in [0.05, 0.1) is 35.4 Å². The number of carbonyl (C=O) groups is 2. The maximum Gasteiger partial charge on any atom is 0.337 e. The average Bonchev–Trinajstić information content (AvgIpc) is 2.68. The number of benzene rings is 2. The van der Waals surface area contributed by atoms with E-state index in [0.29, 0.717) is 26.7 Å². The van der Waals surface area contributed by atoms with Gasteiger partial charge in [-0.15, -0.1) is 5.54 Å². The Morgan fingerprint density at radius 1 is 0.897 bits per heavy atom. The molecule has 0 heterocycles. The molecule has 0 aliphatic rings. The SMILES string of the molecule is COC(=O)c1ccc(Cl)c(C#C[Si](C)(C)C)c1.COC(=O)c1ccc(Cl)c(I)c1. The van der Waals surface area contributed by atoms with Gasteiger partial charge in [-0.05, 0) is 59.0 Å². The van der Waals surface area contributed by atoms with Crippen molar-refractivity contribution in [3.05, 3.63) is 66.7 Å². The monoisotopic (exact) mass is 562 g/mol. The smallest absolute Gasteiger partial charge is 0.337 e. The normalized spacial score (nSPS) is 10.1. The van der Waals surface area contributed by atoms with Gasteiger partial charge in [0.15, 0.2) is 0 Å². The number of methoxy groups -OCH3 is 2. The molecule has 0 saturated heterocycles. The van der Waals surface area contributed by atoms with Crippen molar-refractivity contribution < 1.29 is 19.1 Å². The summed E-state index contributed by atoms with van der Waals surface area (Å²) in [5.74, 6) is 2.32. The van der Waals surface area contributed by atoms with E-state index >= 15 is 0 Å². The Bertz CT molecular complexity index is 959. The molecule has 0 atom stereocenters. The Labute approximate surface area is 196 Å². The molecule has 2 rings (SSSR count). The summed E-state index contributed by atoms with van der Waals surface area (Å²) in [6, 6.07) is 9.97. The molecule has 8 heteroatoms. The lowest BCUT2D eigenvalue weighted by Crippen LogP contribution is -2.16. The van der Waals surface area contributed by atoms with Gasteiger partial charge >= 0.3 is 11.9 Å². The molecule has 29 heavy (non-hydrogen) atoms. The van der Waals surface area contributed by atoms with Crippen molar-refractivity contribution in [1.82, 2.24) is 0 Å². The zero-order chi connectivity index (χ0) is 22.2. The number of ether oxygens (including phenoxy) is 2. The number of hydrogen-bond donors (Lipinski definition) is 0. The fraction of sp³-hybridized carbons (Fsp3) is 0.238.